The van der Waals surface area contributed by atoms with Crippen LogP contribution < -0.4 is 4.74 Å². The molecule has 1 aromatic rings. The Kier molecular flexibility index (Phi) is 3.79. The van der Waals surface area contributed by atoms with Crippen LogP contribution in [0.2, 0.25) is 0 Å². The summed E-state index contributed by atoms with van der Waals surface area (Å²) in [6, 6.07) is 1.62. The highest BCUT2D eigenvalue weighted by Crippen LogP contribution is 2.24. The molecule has 5 heteroatoms. The van der Waals surface area contributed by atoms with E-state index >= 15 is 0 Å². The summed E-state index contributed by atoms with van der Waals surface area (Å²) in [6.07, 6.45) is 1.59. The van der Waals surface area contributed by atoms with E-state index in [0.717, 1.165) is 11.3 Å². The van der Waals surface area contributed by atoms with Gasteiger partial charge in [-0.3, -0.25) is 0 Å². The monoisotopic (exact) mass is 218 g/mol. The second kappa shape index (κ2) is 4.89. The molecule has 0 aliphatic heterocycles. The van der Waals surface area contributed by atoms with Crippen LogP contribution in [-0.2, 0) is 0 Å². The zero-order chi connectivity index (χ0) is 9.68. The van der Waals surface area contributed by atoms with Crippen LogP contribution in [0.25, 0.3) is 0 Å². The minimum Gasteiger partial charge on any atom is -0.488 e. The van der Waals surface area contributed by atoms with Gasteiger partial charge in [-0.05, 0) is 17.5 Å². The fourth-order valence-corrected chi connectivity index (χ4v) is 1.49. The van der Waals surface area contributed by atoms with Gasteiger partial charge in [0.25, 0.3) is 0 Å². The molecule has 0 amide bonds. The second-order valence-corrected chi connectivity index (χ2v) is 3.26. The van der Waals surface area contributed by atoms with Gasteiger partial charge in [0.2, 0.25) is 0 Å². The molecule has 1 aromatic heterocycles. The molecule has 13 heavy (non-hydrogen) atoms. The van der Waals surface area contributed by atoms with E-state index in [4.69, 9.17) is 21.4 Å². The summed E-state index contributed by atoms with van der Waals surface area (Å²) < 4.78 is 5.14. The molecule has 0 fully saturated rings. The third-order valence-electron chi connectivity index (χ3n) is 1.25. The summed E-state index contributed by atoms with van der Waals surface area (Å²) in [5.74, 6) is -0.591. The SMILES string of the molecule is O=C(O)c1sccc1OCC=CCl. The Labute approximate surface area is 84.2 Å². The average Bonchev–Trinajstić information content (AvgIpc) is 2.53. The maximum Gasteiger partial charge on any atom is 0.349 e. The molecule has 1 rings (SSSR count). The van der Waals surface area contributed by atoms with Crippen LogP contribution in [0, 0.1) is 0 Å². The molecule has 70 valence electrons. The first-order valence-electron chi connectivity index (χ1n) is 3.44. The number of hydrogen-bond acceptors (Lipinski definition) is 3. The van der Waals surface area contributed by atoms with Crippen molar-refractivity contribution in [3.8, 4) is 5.75 Å². The summed E-state index contributed by atoms with van der Waals surface area (Å²) in [6.45, 7) is 0.278. The molecule has 0 aromatic carbocycles. The van der Waals surface area contributed by atoms with E-state index in [9.17, 15) is 4.79 Å². The predicted octanol–water partition coefficient (Wildman–Crippen LogP) is 2.58. The Morgan fingerprint density at radius 3 is 3.15 bits per heavy atom. The smallest absolute Gasteiger partial charge is 0.349 e. The Morgan fingerprint density at radius 2 is 2.54 bits per heavy atom. The topological polar surface area (TPSA) is 46.5 Å². The van der Waals surface area contributed by atoms with Crippen molar-refractivity contribution >= 4 is 28.9 Å². The molecule has 0 bridgehead atoms. The molecule has 3 nitrogen and oxygen atoms in total. The van der Waals surface area contributed by atoms with Gasteiger partial charge in [0, 0.05) is 5.54 Å². The van der Waals surface area contributed by atoms with Crippen molar-refractivity contribution in [1.82, 2.24) is 0 Å². The average molecular weight is 219 g/mol. The Bertz CT molecular complexity index is 319. The van der Waals surface area contributed by atoms with Crippen molar-refractivity contribution in [2.75, 3.05) is 6.61 Å². The quantitative estimate of drug-likeness (QED) is 0.845. The van der Waals surface area contributed by atoms with Crippen LogP contribution in [0.15, 0.2) is 23.1 Å². The zero-order valence-corrected chi connectivity index (χ0v) is 8.14. The first-order chi connectivity index (χ1) is 6.25. The number of aromatic carboxylic acids is 1. The van der Waals surface area contributed by atoms with Crippen molar-refractivity contribution in [1.29, 1.82) is 0 Å². The molecule has 0 saturated carbocycles. The zero-order valence-electron chi connectivity index (χ0n) is 6.57. The molecule has 0 aliphatic carbocycles. The second-order valence-electron chi connectivity index (χ2n) is 2.09. The summed E-state index contributed by atoms with van der Waals surface area (Å²) in [7, 11) is 0. The van der Waals surface area contributed by atoms with E-state index in [1.54, 1.807) is 17.5 Å². The van der Waals surface area contributed by atoms with Crippen LogP contribution in [0.3, 0.4) is 0 Å². The molecule has 0 saturated heterocycles. The highest BCUT2D eigenvalue weighted by Gasteiger charge is 2.11. The normalized spacial score (nSPS) is 10.5. The lowest BCUT2D eigenvalue weighted by Gasteiger charge is -2.00. The minimum absolute atomic E-state index is 0.211. The summed E-state index contributed by atoms with van der Waals surface area (Å²) in [5.41, 5.74) is 1.33. The van der Waals surface area contributed by atoms with E-state index in [0.29, 0.717) is 5.75 Å². The van der Waals surface area contributed by atoms with Crippen molar-refractivity contribution in [3.63, 3.8) is 0 Å². The van der Waals surface area contributed by atoms with Crippen LogP contribution in [0.4, 0.5) is 0 Å². The van der Waals surface area contributed by atoms with Crippen LogP contribution >= 0.6 is 22.9 Å². The summed E-state index contributed by atoms with van der Waals surface area (Å²) in [4.78, 5) is 10.8. The third kappa shape index (κ3) is 2.75. The number of rotatable bonds is 4. The summed E-state index contributed by atoms with van der Waals surface area (Å²) in [5, 5.41) is 10.4. The van der Waals surface area contributed by atoms with Gasteiger partial charge in [-0.15, -0.1) is 11.3 Å². The maximum absolute atomic E-state index is 10.6. The van der Waals surface area contributed by atoms with Gasteiger partial charge in [0.05, 0.1) is 0 Å². The lowest BCUT2D eigenvalue weighted by atomic mass is 10.4. The summed E-state index contributed by atoms with van der Waals surface area (Å²) >= 11 is 6.40. The van der Waals surface area contributed by atoms with E-state index < -0.39 is 5.97 Å². The van der Waals surface area contributed by atoms with Crippen molar-refractivity contribution in [3.05, 3.63) is 27.9 Å². The number of carboxylic acids is 1. The number of halogens is 1. The Morgan fingerprint density at radius 1 is 1.77 bits per heavy atom. The minimum atomic E-state index is -0.972. The fraction of sp³-hybridized carbons (Fsp3) is 0.125. The number of carboxylic acid groups (broad SMARTS) is 1. The number of ether oxygens (including phenoxy) is 1. The van der Waals surface area contributed by atoms with E-state index in [1.807, 2.05) is 0 Å². The standard InChI is InChI=1S/C8H7ClO3S/c9-3-1-4-12-6-2-5-13-7(6)8(10)11/h1-3,5H,4H2,(H,10,11). The molecule has 0 unspecified atom stereocenters. The third-order valence-corrected chi connectivity index (χ3v) is 2.31. The van der Waals surface area contributed by atoms with E-state index in [-0.39, 0.29) is 11.5 Å². The predicted molar refractivity (Wildman–Crippen MR) is 51.8 cm³/mol. The highest BCUT2D eigenvalue weighted by molar-refractivity contribution is 7.12. The maximum atomic E-state index is 10.6. The van der Waals surface area contributed by atoms with Crippen LogP contribution in [0.1, 0.15) is 9.67 Å². The number of carbonyl (C=O) groups is 1. The fourth-order valence-electron chi connectivity index (χ4n) is 0.741. The lowest BCUT2D eigenvalue weighted by Crippen LogP contribution is -1.99. The molecular formula is C8H7ClO3S. The van der Waals surface area contributed by atoms with Gasteiger partial charge in [0.15, 0.2) is 4.88 Å². The van der Waals surface area contributed by atoms with Gasteiger partial charge in [-0.1, -0.05) is 11.6 Å². The van der Waals surface area contributed by atoms with Crippen LogP contribution in [-0.4, -0.2) is 17.7 Å². The van der Waals surface area contributed by atoms with Gasteiger partial charge < -0.3 is 9.84 Å². The number of thiophene rings is 1. The van der Waals surface area contributed by atoms with Crippen molar-refractivity contribution in [2.24, 2.45) is 0 Å². The molecule has 0 spiro atoms. The van der Waals surface area contributed by atoms with Crippen molar-refractivity contribution < 1.29 is 14.6 Å². The molecule has 1 heterocycles. The highest BCUT2D eigenvalue weighted by atomic mass is 35.5. The number of hydrogen-bond donors (Lipinski definition) is 1. The molecule has 0 aliphatic rings. The largest absolute Gasteiger partial charge is 0.488 e. The Balaban J connectivity index is 2.65. The molecule has 0 atom stereocenters. The first-order valence-corrected chi connectivity index (χ1v) is 4.76. The van der Waals surface area contributed by atoms with Gasteiger partial charge in [0.1, 0.15) is 12.4 Å². The van der Waals surface area contributed by atoms with Gasteiger partial charge in [-0.25, -0.2) is 4.79 Å². The van der Waals surface area contributed by atoms with Crippen molar-refractivity contribution in [2.45, 2.75) is 0 Å². The molecule has 0 radical (unpaired) electrons. The van der Waals surface area contributed by atoms with Crippen LogP contribution in [0.5, 0.6) is 5.75 Å². The first kappa shape index (κ1) is 10.1. The molecular weight excluding hydrogens is 212 g/mol. The van der Waals surface area contributed by atoms with Gasteiger partial charge >= 0.3 is 5.97 Å². The van der Waals surface area contributed by atoms with Gasteiger partial charge in [-0.2, -0.15) is 0 Å². The Hall–Kier alpha value is -1.00. The van der Waals surface area contributed by atoms with E-state index in [1.165, 1.54) is 5.54 Å². The van der Waals surface area contributed by atoms with E-state index in [2.05, 4.69) is 0 Å². The molecule has 1 N–H and O–H groups in total. The lowest BCUT2D eigenvalue weighted by molar-refractivity contribution is 0.0698.